The van der Waals surface area contributed by atoms with Gasteiger partial charge >= 0.3 is 17.9 Å². The smallest absolute Gasteiger partial charge is 0.338 e. The quantitative estimate of drug-likeness (QED) is 0.151. The number of carbonyl (C=O) groups excluding carboxylic acids is 4. The average molecular weight is 578 g/mol. The number of piperidine rings is 1. The molecule has 1 saturated heterocycles. The van der Waals surface area contributed by atoms with Crippen molar-refractivity contribution in [1.29, 1.82) is 0 Å². The number of rotatable bonds is 10. The van der Waals surface area contributed by atoms with E-state index in [1.165, 1.54) is 0 Å². The highest BCUT2D eigenvalue weighted by Gasteiger charge is 2.50. The lowest BCUT2D eigenvalue weighted by atomic mass is 9.93. The van der Waals surface area contributed by atoms with Gasteiger partial charge in [0, 0.05) is 13.1 Å². The summed E-state index contributed by atoms with van der Waals surface area (Å²) < 4.78 is 17.8. The molecule has 0 N–H and O–H groups in total. The molecule has 0 aliphatic carbocycles. The zero-order valence-corrected chi connectivity index (χ0v) is 23.4. The van der Waals surface area contributed by atoms with E-state index in [1.54, 1.807) is 95.9 Å². The van der Waals surface area contributed by atoms with Crippen LogP contribution in [0.2, 0.25) is 0 Å². The highest BCUT2D eigenvalue weighted by atomic mass is 16.6. The van der Waals surface area contributed by atoms with Crippen LogP contribution < -0.4 is 0 Å². The van der Waals surface area contributed by atoms with Crippen molar-refractivity contribution < 1.29 is 33.4 Å². The highest BCUT2D eigenvalue weighted by Crippen LogP contribution is 2.28. The Labute approximate surface area is 249 Å². The van der Waals surface area contributed by atoms with Gasteiger partial charge in [0.15, 0.2) is 18.3 Å². The van der Waals surface area contributed by atoms with Crippen molar-refractivity contribution in [3.8, 4) is 0 Å². The van der Waals surface area contributed by atoms with Crippen molar-refractivity contribution in [2.24, 2.45) is 0 Å². The molecule has 4 atom stereocenters. The molecule has 0 bridgehead atoms. The third-order valence-corrected chi connectivity index (χ3v) is 7.31. The van der Waals surface area contributed by atoms with Crippen LogP contribution in [0.4, 0.5) is 0 Å². The summed E-state index contributed by atoms with van der Waals surface area (Å²) in [6.45, 7) is 0.465. The van der Waals surface area contributed by atoms with Gasteiger partial charge in [-0.1, -0.05) is 84.9 Å². The average Bonchev–Trinajstić information content (AvgIpc) is 3.06. The van der Waals surface area contributed by atoms with Gasteiger partial charge in [-0.2, -0.15) is 0 Å². The molecule has 0 unspecified atom stereocenters. The minimum Gasteiger partial charge on any atom is -0.453 e. The molecule has 0 spiro atoms. The van der Waals surface area contributed by atoms with Gasteiger partial charge in [0.25, 0.3) is 0 Å². The van der Waals surface area contributed by atoms with E-state index >= 15 is 0 Å². The summed E-state index contributed by atoms with van der Waals surface area (Å²) in [5.74, 6) is -2.03. The molecule has 1 heterocycles. The lowest BCUT2D eigenvalue weighted by Gasteiger charge is -2.45. The number of hydrogen-bond donors (Lipinski definition) is 0. The largest absolute Gasteiger partial charge is 0.453 e. The van der Waals surface area contributed by atoms with Crippen LogP contribution in [0.25, 0.3) is 0 Å². The molecule has 8 nitrogen and oxygen atoms in total. The second-order valence-corrected chi connectivity index (χ2v) is 10.1. The first kappa shape index (κ1) is 29.4. The lowest BCUT2D eigenvalue weighted by molar-refractivity contribution is -0.152. The lowest BCUT2D eigenvalue weighted by Crippen LogP contribution is -2.65. The molecule has 0 amide bonds. The van der Waals surface area contributed by atoms with Gasteiger partial charge < -0.3 is 19.0 Å². The number of hydrogen-bond acceptors (Lipinski definition) is 8. The molecule has 4 aromatic carbocycles. The molecule has 0 aromatic heterocycles. The molecule has 0 radical (unpaired) electrons. The van der Waals surface area contributed by atoms with Gasteiger partial charge in [0.2, 0.25) is 0 Å². The molecule has 4 aromatic rings. The van der Waals surface area contributed by atoms with E-state index in [0.717, 1.165) is 5.56 Å². The Balaban J connectivity index is 1.50. The van der Waals surface area contributed by atoms with Crippen molar-refractivity contribution >= 4 is 24.2 Å². The summed E-state index contributed by atoms with van der Waals surface area (Å²) in [5.41, 5.74) is 1.87. The SMILES string of the molecule is O=C[C@@H]1[C@@H](OC(=O)c2ccccc2)[C@H](OC(=O)c2ccccc2)[C@@H](OC(=O)c2ccccc2)CN1CCc1ccccc1. The van der Waals surface area contributed by atoms with Crippen LogP contribution in [0.15, 0.2) is 121 Å². The zero-order chi connectivity index (χ0) is 30.0. The third kappa shape index (κ3) is 7.42. The van der Waals surface area contributed by atoms with Crippen molar-refractivity contribution in [2.75, 3.05) is 13.1 Å². The van der Waals surface area contributed by atoms with Crippen LogP contribution in [0.1, 0.15) is 36.6 Å². The Kier molecular flexibility index (Phi) is 9.71. The maximum absolute atomic E-state index is 13.3. The van der Waals surface area contributed by atoms with Gasteiger partial charge in [0.05, 0.1) is 16.7 Å². The first-order chi connectivity index (χ1) is 21.0. The molecule has 218 valence electrons. The molecule has 8 heteroatoms. The number of ether oxygens (including phenoxy) is 3. The first-order valence-electron chi connectivity index (χ1n) is 14.0. The highest BCUT2D eigenvalue weighted by molar-refractivity contribution is 5.91. The predicted molar refractivity (Wildman–Crippen MR) is 159 cm³/mol. The van der Waals surface area contributed by atoms with E-state index in [-0.39, 0.29) is 17.7 Å². The zero-order valence-electron chi connectivity index (χ0n) is 23.4. The minimum atomic E-state index is -1.27. The Morgan fingerprint density at radius 1 is 0.605 bits per heavy atom. The minimum absolute atomic E-state index is 0.0704. The van der Waals surface area contributed by atoms with Crippen LogP contribution in [0.3, 0.4) is 0 Å². The van der Waals surface area contributed by atoms with Crippen LogP contribution >= 0.6 is 0 Å². The summed E-state index contributed by atoms with van der Waals surface area (Å²) in [5, 5.41) is 0. The van der Waals surface area contributed by atoms with Crippen LogP contribution in [-0.2, 0) is 25.4 Å². The molecule has 1 aliphatic heterocycles. The van der Waals surface area contributed by atoms with E-state index < -0.39 is 42.3 Å². The van der Waals surface area contributed by atoms with Crippen molar-refractivity contribution in [3.05, 3.63) is 144 Å². The second-order valence-electron chi connectivity index (χ2n) is 10.1. The first-order valence-corrected chi connectivity index (χ1v) is 14.0. The van der Waals surface area contributed by atoms with Crippen molar-refractivity contribution in [1.82, 2.24) is 4.90 Å². The summed E-state index contributed by atoms with van der Waals surface area (Å²) in [4.78, 5) is 54.3. The molecular formula is C35H31NO7. The predicted octanol–water partition coefficient (Wildman–Crippen LogP) is 4.79. The fourth-order valence-electron chi connectivity index (χ4n) is 5.09. The third-order valence-electron chi connectivity index (χ3n) is 7.31. The number of esters is 3. The van der Waals surface area contributed by atoms with Crippen molar-refractivity contribution in [2.45, 2.75) is 30.8 Å². The number of likely N-dealkylation sites (tertiary alicyclic amines) is 1. The maximum Gasteiger partial charge on any atom is 0.338 e. The van der Waals surface area contributed by atoms with E-state index in [1.807, 2.05) is 30.3 Å². The normalized spacial score (nSPS) is 20.0. The summed E-state index contributed by atoms with van der Waals surface area (Å²) >= 11 is 0. The topological polar surface area (TPSA) is 99.2 Å². The molecule has 1 fully saturated rings. The van der Waals surface area contributed by atoms with Crippen LogP contribution in [0, 0.1) is 0 Å². The number of aldehydes is 1. The van der Waals surface area contributed by atoms with Gasteiger partial charge in [-0.3, -0.25) is 4.90 Å². The number of nitrogens with zero attached hydrogens (tertiary/aromatic N) is 1. The van der Waals surface area contributed by atoms with Gasteiger partial charge in [-0.25, -0.2) is 14.4 Å². The van der Waals surface area contributed by atoms with E-state index in [9.17, 15) is 19.2 Å². The Morgan fingerprint density at radius 3 is 1.49 bits per heavy atom. The number of benzene rings is 4. The van der Waals surface area contributed by atoms with E-state index in [2.05, 4.69) is 0 Å². The monoisotopic (exact) mass is 577 g/mol. The van der Waals surface area contributed by atoms with E-state index in [4.69, 9.17) is 14.2 Å². The van der Waals surface area contributed by atoms with E-state index in [0.29, 0.717) is 24.8 Å². The van der Waals surface area contributed by atoms with Crippen LogP contribution in [0.5, 0.6) is 0 Å². The fraction of sp³-hybridized carbons (Fsp3) is 0.200. The van der Waals surface area contributed by atoms with Gasteiger partial charge in [0.1, 0.15) is 12.3 Å². The second kappa shape index (κ2) is 14.2. The molecule has 1 aliphatic rings. The summed E-state index contributed by atoms with van der Waals surface area (Å²) in [6.07, 6.45) is -2.32. The fourth-order valence-corrected chi connectivity index (χ4v) is 5.09. The van der Waals surface area contributed by atoms with Gasteiger partial charge in [-0.05, 0) is 48.4 Å². The Bertz CT molecular complexity index is 1510. The molecule has 0 saturated carbocycles. The maximum atomic E-state index is 13.3. The van der Waals surface area contributed by atoms with Crippen LogP contribution in [-0.4, -0.2) is 66.5 Å². The number of carbonyl (C=O) groups is 4. The standard InChI is InChI=1S/C35H31NO7/c37-24-29-31(42-34(39)27-17-9-3-10-18-27)32(43-35(40)28-19-11-4-12-20-28)30(41-33(38)26-15-7-2-8-16-26)23-36(29)22-21-25-13-5-1-6-14-25/h1-20,24,29-32H,21-23H2/t29-,30+,31-,32-/m1/s1. The molecule has 43 heavy (non-hydrogen) atoms. The molecular weight excluding hydrogens is 546 g/mol. The Morgan fingerprint density at radius 2 is 1.02 bits per heavy atom. The molecule has 5 rings (SSSR count). The van der Waals surface area contributed by atoms with Crippen molar-refractivity contribution in [3.63, 3.8) is 0 Å². The van der Waals surface area contributed by atoms with Gasteiger partial charge in [-0.15, -0.1) is 0 Å². The summed E-state index contributed by atoms with van der Waals surface area (Å²) in [7, 11) is 0. The summed E-state index contributed by atoms with van der Waals surface area (Å²) in [6, 6.07) is 33.8. The Hall–Kier alpha value is -5.08.